The Morgan fingerprint density at radius 2 is 1.75 bits per heavy atom. The molecule has 1 amide bonds. The number of nitrogens with zero attached hydrogens (tertiary/aromatic N) is 2. The van der Waals surface area contributed by atoms with E-state index >= 15 is 0 Å². The predicted molar refractivity (Wildman–Crippen MR) is 102 cm³/mol. The molecule has 0 spiro atoms. The minimum absolute atomic E-state index is 0.417. The van der Waals surface area contributed by atoms with Crippen molar-refractivity contribution in [2.45, 2.75) is 40.2 Å². The van der Waals surface area contributed by atoms with Gasteiger partial charge in [0.05, 0.1) is 0 Å². The largest absolute Gasteiger partial charge is 0.326 e. The summed E-state index contributed by atoms with van der Waals surface area (Å²) in [5.74, 6) is -0.395. The molecule has 0 bridgehead atoms. The average Bonchev–Trinajstić information content (AvgIpc) is 2.58. The molecule has 1 rings (SSSR count). The van der Waals surface area contributed by atoms with E-state index in [0.717, 1.165) is 33.2 Å². The lowest BCUT2D eigenvalue weighted by atomic mass is 9.91. The van der Waals surface area contributed by atoms with Crippen LogP contribution < -0.4 is 5.73 Å². The molecule has 0 aromatic heterocycles. The standard InChI is InChI=1S/C18H27N3O2S/c1-6-14-8-13(10-19)9-15(7-2)16(14)17(22)18(23)21(4)20-12(3)11-24-5/h8-9H,6-7,10-11,19H2,1-5H3. The van der Waals surface area contributed by atoms with Crippen LogP contribution >= 0.6 is 11.8 Å². The van der Waals surface area contributed by atoms with Crippen LogP contribution in [0.2, 0.25) is 0 Å². The van der Waals surface area contributed by atoms with E-state index in [-0.39, 0.29) is 0 Å². The molecule has 0 unspecified atom stereocenters. The van der Waals surface area contributed by atoms with E-state index in [0.29, 0.717) is 24.9 Å². The fourth-order valence-electron chi connectivity index (χ4n) is 2.60. The third kappa shape index (κ3) is 4.92. The maximum atomic E-state index is 12.8. The molecule has 1 aromatic rings. The first-order chi connectivity index (χ1) is 11.4. The van der Waals surface area contributed by atoms with E-state index in [1.165, 1.54) is 7.05 Å². The molecule has 2 N–H and O–H groups in total. The molecule has 0 aliphatic carbocycles. The highest BCUT2D eigenvalue weighted by Crippen LogP contribution is 2.21. The van der Waals surface area contributed by atoms with Crippen molar-refractivity contribution in [2.24, 2.45) is 10.8 Å². The Hall–Kier alpha value is -1.66. The molecule has 0 radical (unpaired) electrons. The maximum absolute atomic E-state index is 12.8. The molecule has 132 valence electrons. The molecule has 0 aliphatic rings. The highest BCUT2D eigenvalue weighted by molar-refractivity contribution is 7.99. The summed E-state index contributed by atoms with van der Waals surface area (Å²) >= 11 is 1.62. The van der Waals surface area contributed by atoms with Gasteiger partial charge in [-0.3, -0.25) is 9.59 Å². The van der Waals surface area contributed by atoms with E-state index in [9.17, 15) is 9.59 Å². The van der Waals surface area contributed by atoms with E-state index < -0.39 is 11.7 Å². The molecule has 1 aromatic carbocycles. The number of nitrogens with two attached hydrogens (primary N) is 1. The first-order valence-corrected chi connectivity index (χ1v) is 9.48. The van der Waals surface area contributed by atoms with Gasteiger partial charge in [-0.1, -0.05) is 26.0 Å². The van der Waals surface area contributed by atoms with Gasteiger partial charge in [0.1, 0.15) is 0 Å². The monoisotopic (exact) mass is 349 g/mol. The van der Waals surface area contributed by atoms with Crippen LogP contribution in [0.5, 0.6) is 0 Å². The van der Waals surface area contributed by atoms with Crippen molar-refractivity contribution in [1.82, 2.24) is 5.01 Å². The number of thioether (sulfide) groups is 1. The summed E-state index contributed by atoms with van der Waals surface area (Å²) in [6.07, 6.45) is 3.31. The molecule has 0 saturated carbocycles. The summed E-state index contributed by atoms with van der Waals surface area (Å²) in [6.45, 7) is 6.21. The Kier molecular flexibility index (Phi) is 8.15. The number of carbonyl (C=O) groups excluding carboxylic acids is 2. The van der Waals surface area contributed by atoms with E-state index in [1.54, 1.807) is 11.8 Å². The molecule has 0 aliphatic heterocycles. The van der Waals surface area contributed by atoms with Gasteiger partial charge in [0.2, 0.25) is 0 Å². The number of likely N-dealkylation sites (N-methyl/N-ethyl adjacent to an activating group) is 1. The van der Waals surface area contributed by atoms with Crippen LogP contribution in [0.1, 0.15) is 47.8 Å². The lowest BCUT2D eigenvalue weighted by Gasteiger charge is -2.17. The van der Waals surface area contributed by atoms with Gasteiger partial charge < -0.3 is 5.73 Å². The first kappa shape index (κ1) is 20.4. The third-order valence-electron chi connectivity index (χ3n) is 3.75. The number of Topliss-reactive ketones (excluding diaryl/α,β-unsaturated/α-hetero) is 1. The van der Waals surface area contributed by atoms with Gasteiger partial charge in [-0.25, -0.2) is 5.01 Å². The van der Waals surface area contributed by atoms with Crippen molar-refractivity contribution in [1.29, 1.82) is 0 Å². The summed E-state index contributed by atoms with van der Waals surface area (Å²) in [7, 11) is 1.52. The fourth-order valence-corrected chi connectivity index (χ4v) is 3.08. The SMILES string of the molecule is CCc1cc(CN)cc(CC)c1C(=O)C(=O)N(C)N=C(C)CSC. The average molecular weight is 350 g/mol. The minimum Gasteiger partial charge on any atom is -0.326 e. The van der Waals surface area contributed by atoms with E-state index in [4.69, 9.17) is 5.73 Å². The molecule has 0 fully saturated rings. The number of aryl methyl sites for hydroxylation is 2. The van der Waals surface area contributed by atoms with Crippen LogP contribution in [0, 0.1) is 0 Å². The van der Waals surface area contributed by atoms with Gasteiger partial charge in [0, 0.05) is 30.6 Å². The van der Waals surface area contributed by atoms with Crippen LogP contribution in [-0.4, -0.2) is 41.5 Å². The van der Waals surface area contributed by atoms with Gasteiger partial charge in [0.15, 0.2) is 0 Å². The highest BCUT2D eigenvalue weighted by atomic mass is 32.2. The number of ketones is 1. The number of benzene rings is 1. The van der Waals surface area contributed by atoms with Crippen molar-refractivity contribution in [3.63, 3.8) is 0 Å². The topological polar surface area (TPSA) is 75.8 Å². The number of hydrogen-bond acceptors (Lipinski definition) is 5. The molecule has 0 saturated heterocycles. The number of hydrogen-bond donors (Lipinski definition) is 1. The van der Waals surface area contributed by atoms with Crippen molar-refractivity contribution in [3.8, 4) is 0 Å². The predicted octanol–water partition coefficient (Wildman–Crippen LogP) is 2.65. The Morgan fingerprint density at radius 1 is 1.21 bits per heavy atom. The Bertz CT molecular complexity index is 616. The molecule has 0 heterocycles. The molecule has 5 nitrogen and oxygen atoms in total. The molecule has 0 atom stereocenters. The molecule has 24 heavy (non-hydrogen) atoms. The number of rotatable bonds is 8. The lowest BCUT2D eigenvalue weighted by molar-refractivity contribution is -0.125. The maximum Gasteiger partial charge on any atom is 0.314 e. The van der Waals surface area contributed by atoms with Gasteiger partial charge >= 0.3 is 5.91 Å². The highest BCUT2D eigenvalue weighted by Gasteiger charge is 2.25. The Labute approximate surface area is 148 Å². The van der Waals surface area contributed by atoms with E-state index in [1.807, 2.05) is 39.2 Å². The fraction of sp³-hybridized carbons (Fsp3) is 0.500. The van der Waals surface area contributed by atoms with E-state index in [2.05, 4.69) is 5.10 Å². The van der Waals surface area contributed by atoms with Crippen molar-refractivity contribution < 1.29 is 9.59 Å². The zero-order valence-electron chi connectivity index (χ0n) is 15.2. The van der Waals surface area contributed by atoms with Crippen molar-refractivity contribution in [2.75, 3.05) is 19.1 Å². The smallest absolute Gasteiger partial charge is 0.314 e. The minimum atomic E-state index is -0.611. The van der Waals surface area contributed by atoms with Crippen LogP contribution in [0.3, 0.4) is 0 Å². The summed E-state index contributed by atoms with van der Waals surface area (Å²) in [5.41, 5.74) is 9.76. The van der Waals surface area contributed by atoms with Crippen LogP contribution in [-0.2, 0) is 24.2 Å². The van der Waals surface area contributed by atoms with Gasteiger partial charge in [-0.2, -0.15) is 16.9 Å². The normalized spacial score (nSPS) is 11.5. The second-order valence-electron chi connectivity index (χ2n) is 5.63. The zero-order chi connectivity index (χ0) is 18.3. The second kappa shape index (κ2) is 9.59. The number of carbonyl (C=O) groups is 2. The quantitative estimate of drug-likeness (QED) is 0.339. The molecular weight excluding hydrogens is 322 g/mol. The summed E-state index contributed by atoms with van der Waals surface area (Å²) in [6, 6.07) is 3.84. The van der Waals surface area contributed by atoms with Crippen molar-refractivity contribution >= 4 is 29.2 Å². The second-order valence-corrected chi connectivity index (χ2v) is 6.49. The van der Waals surface area contributed by atoms with Crippen molar-refractivity contribution in [3.05, 3.63) is 34.4 Å². The van der Waals surface area contributed by atoms with Crippen LogP contribution in [0.4, 0.5) is 0 Å². The lowest BCUT2D eigenvalue weighted by Crippen LogP contribution is -2.31. The van der Waals surface area contributed by atoms with Gasteiger partial charge in [-0.05, 0) is 42.7 Å². The first-order valence-electron chi connectivity index (χ1n) is 8.09. The third-order valence-corrected chi connectivity index (χ3v) is 4.45. The van der Waals surface area contributed by atoms with Crippen LogP contribution in [0.15, 0.2) is 17.2 Å². The summed E-state index contributed by atoms with van der Waals surface area (Å²) in [4.78, 5) is 25.3. The summed E-state index contributed by atoms with van der Waals surface area (Å²) in [5, 5.41) is 5.34. The number of amides is 1. The molecular formula is C18H27N3O2S. The Morgan fingerprint density at radius 3 is 2.17 bits per heavy atom. The molecule has 6 heteroatoms. The zero-order valence-corrected chi connectivity index (χ0v) is 16.0. The van der Waals surface area contributed by atoms with Gasteiger partial charge in [-0.15, -0.1) is 0 Å². The summed E-state index contributed by atoms with van der Waals surface area (Å²) < 4.78 is 0. The number of hydrazone groups is 1. The Balaban J connectivity index is 3.22. The van der Waals surface area contributed by atoms with Gasteiger partial charge in [0.25, 0.3) is 5.78 Å². The van der Waals surface area contributed by atoms with Crippen LogP contribution in [0.25, 0.3) is 0 Å².